The van der Waals surface area contributed by atoms with Gasteiger partial charge < -0.3 is 9.94 Å². The Hall–Kier alpha value is -2.13. The monoisotopic (exact) mass is 405 g/mol. The second-order valence-corrected chi connectivity index (χ2v) is 7.11. The number of amides is 2. The summed E-state index contributed by atoms with van der Waals surface area (Å²) in [5, 5.41) is 16.0. The first kappa shape index (κ1) is 22.2. The number of urea groups is 1. The van der Waals surface area contributed by atoms with Gasteiger partial charge in [-0.1, -0.05) is 13.3 Å². The number of pyridine rings is 1. The fourth-order valence-corrected chi connectivity index (χ4v) is 2.95. The van der Waals surface area contributed by atoms with Gasteiger partial charge in [-0.2, -0.15) is 4.84 Å². The minimum atomic E-state index is -1.36. The van der Waals surface area contributed by atoms with Crippen molar-refractivity contribution >= 4 is 23.5 Å². The molecule has 0 saturated heterocycles. The molecule has 0 spiro atoms. The van der Waals surface area contributed by atoms with Gasteiger partial charge >= 0.3 is 6.03 Å². The van der Waals surface area contributed by atoms with Gasteiger partial charge in [-0.25, -0.2) is 9.78 Å². The van der Waals surface area contributed by atoms with E-state index in [-0.39, 0.29) is 12.6 Å². The van der Waals surface area contributed by atoms with Gasteiger partial charge in [-0.15, -0.1) is 16.6 Å². The summed E-state index contributed by atoms with van der Waals surface area (Å²) in [6.45, 7) is 3.98. The number of unbranched alkanes of at least 4 members (excludes halogenated alkanes) is 1. The zero-order chi connectivity index (χ0) is 20.6. The highest BCUT2D eigenvalue weighted by Gasteiger charge is 2.28. The number of ether oxygens (including phenoxy) is 1. The van der Waals surface area contributed by atoms with Crippen LogP contribution in [0.15, 0.2) is 47.6 Å². The SMILES string of the molecule is CCCC[N+]([O-])(OC)C(=O)Nc1ccc(OC(C)c2ccnc(SC)c2)cc1. The third-order valence-electron chi connectivity index (χ3n) is 4.27. The molecule has 2 rings (SSSR count). The Morgan fingerprint density at radius 1 is 1.32 bits per heavy atom. The van der Waals surface area contributed by atoms with E-state index in [9.17, 15) is 10.0 Å². The Kier molecular flexibility index (Phi) is 8.25. The predicted molar refractivity (Wildman–Crippen MR) is 111 cm³/mol. The molecule has 152 valence electrons. The number of carbonyl (C=O) groups is 1. The Balaban J connectivity index is 1.99. The van der Waals surface area contributed by atoms with Gasteiger partial charge in [0.15, 0.2) is 0 Å². The van der Waals surface area contributed by atoms with Gasteiger partial charge in [0.05, 0.1) is 12.1 Å². The van der Waals surface area contributed by atoms with Crippen molar-refractivity contribution in [3.8, 4) is 5.75 Å². The maximum absolute atomic E-state index is 12.4. The Morgan fingerprint density at radius 2 is 2.04 bits per heavy atom. The number of nitrogens with one attached hydrogen (secondary N) is 1. The molecule has 0 aliphatic carbocycles. The smallest absolute Gasteiger partial charge is 0.453 e. The zero-order valence-corrected chi connectivity index (χ0v) is 17.5. The minimum Gasteiger partial charge on any atom is -0.589 e. The third-order valence-corrected chi connectivity index (χ3v) is 4.91. The summed E-state index contributed by atoms with van der Waals surface area (Å²) in [5.74, 6) is 0.661. The molecule has 1 aromatic carbocycles. The minimum absolute atomic E-state index is 0.0709. The highest BCUT2D eigenvalue weighted by Crippen LogP contribution is 2.25. The van der Waals surface area contributed by atoms with Gasteiger partial charge in [0.2, 0.25) is 0 Å². The van der Waals surface area contributed by atoms with Gasteiger partial charge in [0, 0.05) is 18.3 Å². The molecule has 0 saturated carbocycles. The average molecular weight is 406 g/mol. The first-order chi connectivity index (χ1) is 13.4. The third kappa shape index (κ3) is 5.93. The molecular formula is C20H27N3O4S. The van der Waals surface area contributed by atoms with Crippen molar-refractivity contribution in [3.05, 3.63) is 53.4 Å². The van der Waals surface area contributed by atoms with Crippen LogP contribution in [-0.2, 0) is 4.84 Å². The summed E-state index contributed by atoms with van der Waals surface area (Å²) in [6.07, 6.45) is 5.00. The van der Waals surface area contributed by atoms with Crippen LogP contribution >= 0.6 is 11.8 Å². The number of hydrogen-bond acceptors (Lipinski definition) is 6. The quantitative estimate of drug-likeness (QED) is 0.353. The van der Waals surface area contributed by atoms with Crippen LogP contribution < -0.4 is 10.1 Å². The van der Waals surface area contributed by atoms with Crippen LogP contribution in [0.3, 0.4) is 0 Å². The maximum Gasteiger partial charge on any atom is 0.453 e. The molecule has 2 atom stereocenters. The van der Waals surface area contributed by atoms with Crippen LogP contribution in [0.2, 0.25) is 0 Å². The first-order valence-corrected chi connectivity index (χ1v) is 10.4. The maximum atomic E-state index is 12.4. The fraction of sp³-hybridized carbons (Fsp3) is 0.400. The average Bonchev–Trinajstić information content (AvgIpc) is 2.73. The van der Waals surface area contributed by atoms with Gasteiger partial charge in [-0.3, -0.25) is 5.32 Å². The summed E-state index contributed by atoms with van der Waals surface area (Å²) in [4.78, 5) is 20.0. The standard InChI is InChI=1S/C20H27N3O4S/c1-5-6-13-23(25,26-3)20(24)22-17-7-9-18(10-8-17)27-15(2)16-11-12-21-19(14-16)28-4/h7-12,14-15H,5-6,13H2,1-4H3,(H,22,24). The summed E-state index contributed by atoms with van der Waals surface area (Å²) in [6, 6.07) is 10.1. The zero-order valence-electron chi connectivity index (χ0n) is 16.7. The lowest BCUT2D eigenvalue weighted by Gasteiger charge is -2.34. The molecule has 0 bridgehead atoms. The fourth-order valence-electron chi connectivity index (χ4n) is 2.53. The molecule has 7 nitrogen and oxygen atoms in total. The van der Waals surface area contributed by atoms with E-state index in [1.807, 2.05) is 32.2 Å². The van der Waals surface area contributed by atoms with Crippen LogP contribution in [0, 0.1) is 5.21 Å². The molecule has 1 heterocycles. The molecule has 2 aromatic rings. The van der Waals surface area contributed by atoms with Crippen molar-refractivity contribution in [2.75, 3.05) is 25.2 Å². The topological polar surface area (TPSA) is 83.5 Å². The highest BCUT2D eigenvalue weighted by atomic mass is 32.2. The molecule has 8 heteroatoms. The molecule has 0 fully saturated rings. The number of nitrogens with zero attached hydrogens (tertiary/aromatic N) is 2. The predicted octanol–water partition coefficient (Wildman–Crippen LogP) is 5.15. The summed E-state index contributed by atoms with van der Waals surface area (Å²) >= 11 is 1.58. The van der Waals surface area contributed by atoms with Gasteiger partial charge in [0.1, 0.15) is 18.4 Å². The van der Waals surface area contributed by atoms with Crippen LogP contribution in [0.4, 0.5) is 10.5 Å². The summed E-state index contributed by atoms with van der Waals surface area (Å²) < 4.78 is 5.96. The number of hydroxylamine groups is 4. The summed E-state index contributed by atoms with van der Waals surface area (Å²) in [7, 11) is 1.24. The lowest BCUT2D eigenvalue weighted by molar-refractivity contribution is -0.996. The van der Waals surface area contributed by atoms with Crippen molar-refractivity contribution < 1.29 is 19.2 Å². The second-order valence-electron chi connectivity index (χ2n) is 6.28. The lowest BCUT2D eigenvalue weighted by Crippen LogP contribution is -2.49. The van der Waals surface area contributed by atoms with E-state index in [1.54, 1.807) is 42.2 Å². The van der Waals surface area contributed by atoms with E-state index < -0.39 is 10.8 Å². The number of aromatic nitrogens is 1. The van der Waals surface area contributed by atoms with E-state index in [2.05, 4.69) is 10.3 Å². The number of anilines is 1. The van der Waals surface area contributed by atoms with Crippen LogP contribution in [0.25, 0.3) is 0 Å². The van der Waals surface area contributed by atoms with Crippen LogP contribution in [0.1, 0.15) is 38.4 Å². The molecule has 0 radical (unpaired) electrons. The normalized spacial score (nSPS) is 14.2. The van der Waals surface area contributed by atoms with Crippen LogP contribution in [-0.4, -0.2) is 35.7 Å². The van der Waals surface area contributed by atoms with Crippen molar-refractivity contribution in [1.29, 1.82) is 0 Å². The lowest BCUT2D eigenvalue weighted by atomic mass is 10.2. The number of carbonyl (C=O) groups excluding carboxylic acids is 1. The molecule has 2 unspecified atom stereocenters. The number of hydrogen-bond donors (Lipinski definition) is 1. The van der Waals surface area contributed by atoms with Gasteiger partial charge in [-0.05, 0) is 55.1 Å². The molecule has 2 amide bonds. The Morgan fingerprint density at radius 3 is 2.64 bits per heavy atom. The summed E-state index contributed by atoms with van der Waals surface area (Å²) in [5.41, 5.74) is 1.53. The molecule has 0 aliphatic heterocycles. The van der Waals surface area contributed by atoms with Crippen molar-refractivity contribution in [1.82, 2.24) is 4.98 Å². The first-order valence-electron chi connectivity index (χ1n) is 9.15. The molecular weight excluding hydrogens is 378 g/mol. The molecule has 28 heavy (non-hydrogen) atoms. The van der Waals surface area contributed by atoms with E-state index in [1.165, 1.54) is 7.11 Å². The Labute approximate surface area is 170 Å². The van der Waals surface area contributed by atoms with Crippen molar-refractivity contribution in [2.45, 2.75) is 37.8 Å². The molecule has 0 aliphatic rings. The highest BCUT2D eigenvalue weighted by molar-refractivity contribution is 7.98. The molecule has 1 N–H and O–H groups in total. The number of rotatable bonds is 9. The van der Waals surface area contributed by atoms with Crippen molar-refractivity contribution in [3.63, 3.8) is 0 Å². The molecule has 1 aromatic heterocycles. The van der Waals surface area contributed by atoms with E-state index in [0.717, 1.165) is 17.0 Å². The van der Waals surface area contributed by atoms with E-state index in [4.69, 9.17) is 9.57 Å². The van der Waals surface area contributed by atoms with Crippen LogP contribution in [0.5, 0.6) is 5.75 Å². The second kappa shape index (κ2) is 10.4. The number of benzene rings is 1. The van der Waals surface area contributed by atoms with E-state index in [0.29, 0.717) is 17.9 Å². The number of thioether (sulfide) groups is 1. The van der Waals surface area contributed by atoms with Crippen molar-refractivity contribution in [2.24, 2.45) is 0 Å². The van der Waals surface area contributed by atoms with Gasteiger partial charge in [0.25, 0.3) is 0 Å². The largest absolute Gasteiger partial charge is 0.589 e. The Bertz CT molecular complexity index is 772. The number of quaternary nitrogens is 1. The van der Waals surface area contributed by atoms with E-state index >= 15 is 0 Å².